The number of alkyl halides is 3. The second-order valence-corrected chi connectivity index (χ2v) is 22.3. The fourth-order valence-electron chi connectivity index (χ4n) is 10.9. The molecule has 22 heteroatoms. The van der Waals surface area contributed by atoms with E-state index in [2.05, 4.69) is 45.4 Å². The van der Waals surface area contributed by atoms with E-state index in [4.69, 9.17) is 14.5 Å². The molecule has 3 aliphatic heterocycles. The maximum atomic E-state index is 14.0. The highest BCUT2D eigenvalue weighted by atomic mass is 19.4. The molecular weight excluding hydrogens is 1080 g/mol. The van der Waals surface area contributed by atoms with Gasteiger partial charge in [-0.15, -0.1) is 10.2 Å². The van der Waals surface area contributed by atoms with Crippen molar-refractivity contribution in [2.75, 3.05) is 93.0 Å². The third-order valence-corrected chi connectivity index (χ3v) is 16.0. The number of carbonyl (C=O) groups is 4. The largest absolute Gasteiger partial charge is 0.492 e. The van der Waals surface area contributed by atoms with Gasteiger partial charge in [0.05, 0.1) is 30.0 Å². The molecule has 1 unspecified atom stereocenters. The highest BCUT2D eigenvalue weighted by Crippen LogP contribution is 2.37. The Labute approximate surface area is 488 Å². The molecule has 0 radical (unpaired) electrons. The molecule has 3 N–H and O–H groups in total. The number of para-hydroxylation sites is 1. The molecular formula is C62H76F3N13O6. The van der Waals surface area contributed by atoms with Crippen molar-refractivity contribution in [3.05, 3.63) is 114 Å². The Kier molecular flexibility index (Phi) is 19.5. The molecule has 3 aliphatic rings. The van der Waals surface area contributed by atoms with E-state index in [1.807, 2.05) is 86.8 Å². The Bertz CT molecular complexity index is 3260. The van der Waals surface area contributed by atoms with Gasteiger partial charge in [0.2, 0.25) is 24.1 Å². The lowest BCUT2D eigenvalue weighted by Crippen LogP contribution is -2.49. The number of anilines is 6. The van der Waals surface area contributed by atoms with Gasteiger partial charge in [-0.1, -0.05) is 57.2 Å². The van der Waals surface area contributed by atoms with E-state index in [0.717, 1.165) is 120 Å². The minimum absolute atomic E-state index is 0.0192. The molecule has 0 bridgehead atoms. The normalized spacial score (nSPS) is 16.1. The molecule has 1 atom stereocenters. The maximum Gasteiger partial charge on any atom is 0.408 e. The number of halogens is 3. The van der Waals surface area contributed by atoms with Crippen molar-refractivity contribution in [1.82, 2.24) is 44.7 Å². The zero-order valence-electron chi connectivity index (χ0n) is 48.9. The van der Waals surface area contributed by atoms with Crippen molar-refractivity contribution in [3.63, 3.8) is 0 Å². The van der Waals surface area contributed by atoms with E-state index >= 15 is 0 Å². The monoisotopic (exact) mass is 1160 g/mol. The summed E-state index contributed by atoms with van der Waals surface area (Å²) in [5, 5.41) is 17.1. The second kappa shape index (κ2) is 27.1. The number of hydrogen-bond acceptors (Lipinski definition) is 15. The molecule has 2 aromatic heterocycles. The number of hydrogen-bond donors (Lipinski definition) is 3. The summed E-state index contributed by atoms with van der Waals surface area (Å²) < 4.78 is 54.2. The minimum Gasteiger partial charge on any atom is -0.492 e. The molecule has 0 aliphatic carbocycles. The predicted octanol–water partition coefficient (Wildman–Crippen LogP) is 9.59. The fourth-order valence-corrected chi connectivity index (χ4v) is 10.9. The molecule has 0 saturated carbocycles. The maximum absolute atomic E-state index is 14.0. The number of rotatable bonds is 21. The molecule has 84 heavy (non-hydrogen) atoms. The van der Waals surface area contributed by atoms with Gasteiger partial charge in [0.1, 0.15) is 23.2 Å². The van der Waals surface area contributed by atoms with Gasteiger partial charge in [-0.25, -0.2) is 4.98 Å². The lowest BCUT2D eigenvalue weighted by Gasteiger charge is -2.40. The van der Waals surface area contributed by atoms with Crippen LogP contribution >= 0.6 is 0 Å². The number of aryl methyl sites for hydroxylation is 2. The fraction of sp³-hybridized carbons (Fsp3) is 0.452. The number of nitrogens with zero attached hydrogens (tertiary/aromatic N) is 10. The van der Waals surface area contributed by atoms with Gasteiger partial charge in [0.15, 0.2) is 11.6 Å². The summed E-state index contributed by atoms with van der Waals surface area (Å²) >= 11 is 0. The molecule has 0 spiro atoms. The first kappa shape index (κ1) is 60.5. The zero-order chi connectivity index (χ0) is 59.7. The van der Waals surface area contributed by atoms with Gasteiger partial charge in [0.25, 0.3) is 5.91 Å². The van der Waals surface area contributed by atoms with Gasteiger partial charge < -0.3 is 45.0 Å². The average Bonchev–Trinajstić information content (AvgIpc) is 2.67. The summed E-state index contributed by atoms with van der Waals surface area (Å²) in [5.41, 5.74) is 6.84. The third kappa shape index (κ3) is 14.6. The average molecular weight is 1160 g/mol. The molecule has 446 valence electrons. The van der Waals surface area contributed by atoms with Crippen molar-refractivity contribution in [2.45, 2.75) is 92.4 Å². The summed E-state index contributed by atoms with van der Waals surface area (Å²) in [6, 6.07) is 24.4. The number of carbonyl (C=O) groups excluding carboxylic acids is 4. The summed E-state index contributed by atoms with van der Waals surface area (Å²) in [4.78, 5) is 72.0. The van der Waals surface area contributed by atoms with E-state index in [-0.39, 0.29) is 29.2 Å². The van der Waals surface area contributed by atoms with Crippen LogP contribution in [0.3, 0.4) is 0 Å². The topological polar surface area (TPSA) is 196 Å². The number of nitrogens with one attached hydrogen (secondary N) is 3. The van der Waals surface area contributed by atoms with Crippen LogP contribution in [0.1, 0.15) is 87.6 Å². The van der Waals surface area contributed by atoms with Crippen molar-refractivity contribution < 1.29 is 41.8 Å². The highest BCUT2D eigenvalue weighted by Gasteiger charge is 2.39. The van der Waals surface area contributed by atoms with Crippen LogP contribution in [-0.2, 0) is 27.3 Å². The number of aromatic nitrogens is 5. The number of likely N-dealkylation sites (tertiary alicyclic amines) is 1. The smallest absolute Gasteiger partial charge is 0.408 e. The summed E-state index contributed by atoms with van der Waals surface area (Å²) in [6.45, 7) is 18.9. The van der Waals surface area contributed by atoms with Crippen molar-refractivity contribution in [1.29, 1.82) is 0 Å². The standard InChI is InChI=1S/C62H76F3N13O6/c1-8-43-16-21-53(84-60(82)40(3)4)49(34-43)56-71-72-57(58(80)67-42(6)62(63,64)65)78(56)47-17-14-44(15-18-47)37-74-30-32-75(33-31-74)38-45-22-26-77(27-23-45)59(81)46-24-28-76(29-25-46)48-19-20-51(54(35-48)83-9-2)69-61-66-36-52(73(7)39-79)55(70-61)68-50-13-11-10-12-41(50)5/h10-21,34-36,39-40,42,45-46H,8-9,22-33,37-38H2,1-7H3,(H,67,80)(H2,66,68,69,70). The van der Waals surface area contributed by atoms with Crippen LogP contribution in [0.25, 0.3) is 17.1 Å². The van der Waals surface area contributed by atoms with Crippen LogP contribution in [-0.4, -0.2) is 148 Å². The Balaban J connectivity index is 0.752. The molecule has 19 nitrogen and oxygen atoms in total. The van der Waals surface area contributed by atoms with E-state index in [0.29, 0.717) is 72.0 Å². The third-order valence-electron chi connectivity index (χ3n) is 16.0. The van der Waals surface area contributed by atoms with Crippen LogP contribution in [0.15, 0.2) is 91.1 Å². The number of ether oxygens (including phenoxy) is 2. The van der Waals surface area contributed by atoms with Gasteiger partial charge in [-0.2, -0.15) is 18.2 Å². The molecule has 9 rings (SSSR count). The molecule has 3 amide bonds. The van der Waals surface area contributed by atoms with Crippen molar-refractivity contribution in [3.8, 4) is 28.6 Å². The van der Waals surface area contributed by atoms with Crippen LogP contribution < -0.4 is 35.2 Å². The van der Waals surface area contributed by atoms with Crippen LogP contribution in [0, 0.1) is 24.7 Å². The minimum atomic E-state index is -4.68. The van der Waals surface area contributed by atoms with Crippen LogP contribution in [0.2, 0.25) is 0 Å². The molecule has 6 aromatic rings. The number of amides is 3. The zero-order valence-corrected chi connectivity index (χ0v) is 48.9. The molecule has 5 heterocycles. The number of esters is 1. The first-order chi connectivity index (χ1) is 40.4. The van der Waals surface area contributed by atoms with Crippen molar-refractivity contribution in [2.24, 2.45) is 17.8 Å². The number of piperidine rings is 2. The first-order valence-electron chi connectivity index (χ1n) is 29.1. The first-order valence-corrected chi connectivity index (χ1v) is 29.1. The Morgan fingerprint density at radius 3 is 2.14 bits per heavy atom. The van der Waals surface area contributed by atoms with Crippen molar-refractivity contribution >= 4 is 58.7 Å². The number of piperazine rings is 1. The summed E-state index contributed by atoms with van der Waals surface area (Å²) in [7, 11) is 1.65. The summed E-state index contributed by atoms with van der Waals surface area (Å²) in [6.07, 6.45) is 1.76. The summed E-state index contributed by atoms with van der Waals surface area (Å²) in [5.74, 6) is 0.206. The molecule has 3 saturated heterocycles. The highest BCUT2D eigenvalue weighted by molar-refractivity contribution is 5.93. The van der Waals surface area contributed by atoms with E-state index in [1.54, 1.807) is 51.4 Å². The SMILES string of the molecule is CCOc1cc(N2CCC(C(=O)N3CCC(CN4CCN(Cc5ccc(-n6c(C(=O)NC(C)C(F)(F)F)nnc6-c6cc(CC)ccc6OC(=O)C(C)C)cc5)CC4)CC3)CC2)ccc1Nc1ncc(N(C)C=O)c(Nc2ccccc2C)n1. The lowest BCUT2D eigenvalue weighted by atomic mass is 9.91. The Morgan fingerprint density at radius 2 is 1.48 bits per heavy atom. The molecule has 3 fully saturated rings. The quantitative estimate of drug-likeness (QED) is 0.0350. The van der Waals surface area contributed by atoms with Gasteiger partial charge >= 0.3 is 12.1 Å². The molecule has 4 aromatic carbocycles. The van der Waals surface area contributed by atoms with Crippen LogP contribution in [0.5, 0.6) is 11.5 Å². The predicted molar refractivity (Wildman–Crippen MR) is 317 cm³/mol. The van der Waals surface area contributed by atoms with E-state index < -0.39 is 30.0 Å². The van der Waals surface area contributed by atoms with Gasteiger partial charge in [-0.3, -0.25) is 28.6 Å². The van der Waals surface area contributed by atoms with E-state index in [1.165, 1.54) is 9.47 Å². The lowest BCUT2D eigenvalue weighted by molar-refractivity contribution is -0.149. The van der Waals surface area contributed by atoms with Gasteiger partial charge in [-0.05, 0) is 118 Å². The van der Waals surface area contributed by atoms with E-state index in [9.17, 15) is 32.3 Å². The van der Waals surface area contributed by atoms with Crippen LogP contribution in [0.4, 0.5) is 47.7 Å². The Morgan fingerprint density at radius 1 is 0.786 bits per heavy atom. The Hall–Kier alpha value is -8.11. The second-order valence-electron chi connectivity index (χ2n) is 22.3. The van der Waals surface area contributed by atoms with Gasteiger partial charge in [0, 0.05) is 102 Å². The number of benzene rings is 4.